The van der Waals surface area contributed by atoms with Crippen molar-refractivity contribution in [2.24, 2.45) is 0 Å². The lowest BCUT2D eigenvalue weighted by Crippen LogP contribution is -2.36. The van der Waals surface area contributed by atoms with Crippen molar-refractivity contribution >= 4 is 17.5 Å². The zero-order chi connectivity index (χ0) is 26.8. The Balaban J connectivity index is 1.55. The molecule has 3 N–H and O–H groups in total. The number of fused-ring (bicyclic) bond motifs is 2. The van der Waals surface area contributed by atoms with Gasteiger partial charge in [0.2, 0.25) is 5.91 Å². The van der Waals surface area contributed by atoms with Gasteiger partial charge in [-0.1, -0.05) is 12.1 Å². The van der Waals surface area contributed by atoms with Gasteiger partial charge in [-0.25, -0.2) is 9.07 Å². The molecule has 196 valence electrons. The van der Waals surface area contributed by atoms with Crippen LogP contribution in [0.15, 0.2) is 24.3 Å². The molecule has 0 fully saturated rings. The number of carbonyl (C=O) groups excluding carboxylic acids is 1. The summed E-state index contributed by atoms with van der Waals surface area (Å²) < 4.78 is 80.0. The molecule has 0 radical (unpaired) electrons. The molecule has 1 aliphatic carbocycles. The number of carbonyl (C=O) groups is 1. The van der Waals surface area contributed by atoms with Crippen molar-refractivity contribution in [3.8, 4) is 5.95 Å². The van der Waals surface area contributed by atoms with Gasteiger partial charge in [0.05, 0.1) is 17.0 Å². The van der Waals surface area contributed by atoms with Crippen molar-refractivity contribution in [1.82, 2.24) is 19.7 Å². The molecule has 13 heteroatoms. The normalized spacial score (nSPS) is 19.5. The van der Waals surface area contributed by atoms with Gasteiger partial charge >= 0.3 is 12.1 Å². The van der Waals surface area contributed by atoms with Crippen LogP contribution in [-0.4, -0.2) is 37.8 Å². The van der Waals surface area contributed by atoms with Crippen molar-refractivity contribution in [3.05, 3.63) is 58.2 Å². The molecule has 0 saturated heterocycles. The minimum atomic E-state index is -5.65. The molecule has 37 heavy (non-hydrogen) atoms. The number of nitrogens with one attached hydrogen (secondary N) is 1. The van der Waals surface area contributed by atoms with E-state index in [4.69, 9.17) is 5.73 Å². The number of aromatic nitrogens is 4. The first kappa shape index (κ1) is 25.0. The fourth-order valence-corrected chi connectivity index (χ4v) is 5.01. The molecule has 0 spiro atoms. The number of anilines is 2. The molecule has 0 saturated carbocycles. The molecule has 1 aliphatic heterocycles. The Bertz CT molecular complexity index is 1380. The highest BCUT2D eigenvalue weighted by Crippen LogP contribution is 2.45. The number of aryl methyl sites for hydroxylation is 1. The lowest BCUT2D eigenvalue weighted by molar-refractivity contribution is -0.284. The van der Waals surface area contributed by atoms with E-state index in [9.17, 15) is 31.1 Å². The van der Waals surface area contributed by atoms with Crippen LogP contribution in [0.1, 0.15) is 54.3 Å². The van der Waals surface area contributed by atoms with Crippen molar-refractivity contribution < 1.29 is 31.1 Å². The number of nitrogens with zero attached hydrogens (tertiary/aromatic N) is 4. The zero-order valence-electron chi connectivity index (χ0n) is 19.6. The van der Waals surface area contributed by atoms with Crippen LogP contribution in [0.5, 0.6) is 0 Å². The summed E-state index contributed by atoms with van der Waals surface area (Å²) in [5, 5.41) is 6.99. The average molecular weight is 524 g/mol. The van der Waals surface area contributed by atoms with Gasteiger partial charge in [-0.2, -0.15) is 37.0 Å². The SMILES string of the molecule is CC1(c2ccc(F)cc2)C(=O)Nc2nc(-n3nc(CCC(F)(F)C(F)(F)F)c4c3CCCC4)nc(N)c21. The second-order valence-electron chi connectivity index (χ2n) is 9.41. The van der Waals surface area contributed by atoms with Gasteiger partial charge in [-0.15, -0.1) is 0 Å². The monoisotopic (exact) mass is 524 g/mol. The molecule has 1 unspecified atom stereocenters. The Labute approximate surface area is 207 Å². The maximum Gasteiger partial charge on any atom is 0.453 e. The maximum absolute atomic E-state index is 13.6. The van der Waals surface area contributed by atoms with Crippen LogP contribution < -0.4 is 11.1 Å². The van der Waals surface area contributed by atoms with Gasteiger partial charge in [-0.05, 0) is 62.3 Å². The summed E-state index contributed by atoms with van der Waals surface area (Å²) in [6.45, 7) is 1.61. The summed E-state index contributed by atoms with van der Waals surface area (Å²) >= 11 is 0. The first-order valence-corrected chi connectivity index (χ1v) is 11.6. The van der Waals surface area contributed by atoms with E-state index in [1.165, 1.54) is 28.9 Å². The van der Waals surface area contributed by atoms with Gasteiger partial charge in [0.15, 0.2) is 0 Å². The smallest absolute Gasteiger partial charge is 0.383 e. The summed E-state index contributed by atoms with van der Waals surface area (Å²) in [5.74, 6) is -5.74. The molecule has 7 nitrogen and oxygen atoms in total. The summed E-state index contributed by atoms with van der Waals surface area (Å²) in [6.07, 6.45) is -5.19. The van der Waals surface area contributed by atoms with Crippen LogP contribution in [0, 0.1) is 5.82 Å². The lowest BCUT2D eigenvalue weighted by Gasteiger charge is -2.23. The molecule has 2 aromatic heterocycles. The standard InChI is InChI=1S/C24H22F6N6O/c1-22(12-6-8-13(25)9-7-12)17-18(31)32-21(34-19(17)33-20(22)37)36-16-5-3-2-4-14(16)15(35-36)10-11-23(26,27)24(28,29)30/h6-9H,2-5,10-11H2,1H3,(H3,31,32,33,34,37). The predicted molar refractivity (Wildman–Crippen MR) is 121 cm³/mol. The maximum atomic E-state index is 13.6. The molecule has 1 atom stereocenters. The third kappa shape index (κ3) is 4.00. The molecule has 1 amide bonds. The number of alkyl halides is 5. The summed E-state index contributed by atoms with van der Waals surface area (Å²) in [4.78, 5) is 21.8. The lowest BCUT2D eigenvalue weighted by atomic mass is 9.78. The van der Waals surface area contributed by atoms with E-state index in [0.717, 1.165) is 12.8 Å². The van der Waals surface area contributed by atoms with Crippen molar-refractivity contribution in [1.29, 1.82) is 0 Å². The fourth-order valence-electron chi connectivity index (χ4n) is 5.01. The first-order chi connectivity index (χ1) is 17.3. The Morgan fingerprint density at radius 3 is 2.43 bits per heavy atom. The molecule has 3 heterocycles. The van der Waals surface area contributed by atoms with Gasteiger partial charge in [0.1, 0.15) is 22.9 Å². The van der Waals surface area contributed by atoms with Gasteiger partial charge < -0.3 is 11.1 Å². The predicted octanol–water partition coefficient (Wildman–Crippen LogP) is 4.65. The molecule has 3 aromatic rings. The number of hydrogen-bond donors (Lipinski definition) is 2. The molecular weight excluding hydrogens is 502 g/mol. The Kier molecular flexibility index (Phi) is 5.72. The molecular formula is C24H22F6N6O. The van der Waals surface area contributed by atoms with Crippen molar-refractivity contribution in [2.75, 3.05) is 11.1 Å². The number of nitrogen functional groups attached to an aromatic ring is 1. The highest BCUT2D eigenvalue weighted by atomic mass is 19.4. The van der Waals surface area contributed by atoms with Crippen LogP contribution in [0.3, 0.4) is 0 Å². The summed E-state index contributed by atoms with van der Waals surface area (Å²) in [6, 6.07) is 5.36. The third-order valence-corrected chi connectivity index (χ3v) is 7.08. The second-order valence-corrected chi connectivity index (χ2v) is 9.41. The van der Waals surface area contributed by atoms with E-state index in [0.29, 0.717) is 35.2 Å². The van der Waals surface area contributed by atoms with Crippen molar-refractivity contribution in [2.45, 2.75) is 63.0 Å². The number of benzene rings is 1. The molecule has 0 bridgehead atoms. The summed E-state index contributed by atoms with van der Waals surface area (Å²) in [7, 11) is 0. The topological polar surface area (TPSA) is 98.7 Å². The van der Waals surface area contributed by atoms with E-state index in [1.54, 1.807) is 6.92 Å². The zero-order valence-corrected chi connectivity index (χ0v) is 19.6. The van der Waals surface area contributed by atoms with Crippen LogP contribution in [-0.2, 0) is 29.5 Å². The highest BCUT2D eigenvalue weighted by molar-refractivity contribution is 6.09. The molecule has 2 aliphatic rings. The Morgan fingerprint density at radius 2 is 1.76 bits per heavy atom. The Morgan fingerprint density at radius 1 is 1.08 bits per heavy atom. The van der Waals surface area contributed by atoms with E-state index in [2.05, 4.69) is 20.4 Å². The van der Waals surface area contributed by atoms with E-state index >= 15 is 0 Å². The van der Waals surface area contributed by atoms with Gasteiger partial charge in [0, 0.05) is 6.42 Å². The molecule has 5 rings (SSSR count). The minimum Gasteiger partial charge on any atom is -0.383 e. The highest BCUT2D eigenvalue weighted by Gasteiger charge is 2.56. The van der Waals surface area contributed by atoms with Crippen LogP contribution in [0.4, 0.5) is 38.0 Å². The third-order valence-electron chi connectivity index (χ3n) is 7.08. The quantitative estimate of drug-likeness (QED) is 0.474. The second kappa shape index (κ2) is 8.45. The number of hydrogen-bond acceptors (Lipinski definition) is 5. The Hall–Kier alpha value is -3.64. The number of nitrogens with two attached hydrogens (primary N) is 1. The molecule has 1 aromatic carbocycles. The largest absolute Gasteiger partial charge is 0.453 e. The van der Waals surface area contributed by atoms with Gasteiger partial charge in [0.25, 0.3) is 5.95 Å². The number of amides is 1. The van der Waals surface area contributed by atoms with Crippen LogP contribution in [0.2, 0.25) is 0 Å². The van der Waals surface area contributed by atoms with E-state index in [1.807, 2.05) is 0 Å². The number of halogens is 6. The van der Waals surface area contributed by atoms with Gasteiger partial charge in [-0.3, -0.25) is 4.79 Å². The van der Waals surface area contributed by atoms with E-state index < -0.39 is 42.1 Å². The first-order valence-electron chi connectivity index (χ1n) is 11.6. The van der Waals surface area contributed by atoms with E-state index in [-0.39, 0.29) is 23.3 Å². The van der Waals surface area contributed by atoms with Crippen molar-refractivity contribution in [3.63, 3.8) is 0 Å². The van der Waals surface area contributed by atoms with Crippen LogP contribution in [0.25, 0.3) is 5.95 Å². The minimum absolute atomic E-state index is 0.0353. The number of rotatable bonds is 5. The van der Waals surface area contributed by atoms with Crippen LogP contribution >= 0.6 is 0 Å². The fraction of sp³-hybridized carbons (Fsp3) is 0.417. The average Bonchev–Trinajstić information content (AvgIpc) is 3.33. The summed E-state index contributed by atoms with van der Waals surface area (Å²) in [5.41, 5.74) is 7.08.